The quantitative estimate of drug-likeness (QED) is 0.707. The van der Waals surface area contributed by atoms with Gasteiger partial charge in [-0.3, -0.25) is 13.9 Å². The molecule has 5 heteroatoms. The first-order chi connectivity index (χ1) is 11.0. The largest absolute Gasteiger partial charge is 0.331 e. The van der Waals surface area contributed by atoms with Crippen LogP contribution in [0.5, 0.6) is 0 Å². The molecule has 4 nitrogen and oxygen atoms in total. The summed E-state index contributed by atoms with van der Waals surface area (Å²) in [6.45, 7) is 4.64. The number of hydrogen-bond donors (Lipinski definition) is 0. The molecule has 1 aromatic heterocycles. The van der Waals surface area contributed by atoms with E-state index < -0.39 is 0 Å². The van der Waals surface area contributed by atoms with Crippen LogP contribution < -0.4 is 11.2 Å². The van der Waals surface area contributed by atoms with Crippen LogP contribution in [0.4, 0.5) is 0 Å². The third kappa shape index (κ3) is 2.77. The molecule has 1 heterocycles. The van der Waals surface area contributed by atoms with E-state index >= 15 is 0 Å². The van der Waals surface area contributed by atoms with Crippen molar-refractivity contribution in [3.05, 3.63) is 78.9 Å². The maximum absolute atomic E-state index is 12.7. The van der Waals surface area contributed by atoms with Crippen molar-refractivity contribution in [1.29, 1.82) is 0 Å². The van der Waals surface area contributed by atoms with Gasteiger partial charge in [0.05, 0.1) is 17.4 Å². The summed E-state index contributed by atoms with van der Waals surface area (Å²) in [6, 6.07) is 13.4. The van der Waals surface area contributed by atoms with Crippen molar-refractivity contribution in [3.63, 3.8) is 0 Å². The van der Waals surface area contributed by atoms with E-state index in [0.717, 1.165) is 15.6 Å². The number of rotatable bonds is 3. The second-order valence-electron chi connectivity index (χ2n) is 5.51. The molecular weight excluding hydrogens is 356 g/mol. The van der Waals surface area contributed by atoms with E-state index in [2.05, 4.69) is 15.9 Å². The zero-order valence-corrected chi connectivity index (χ0v) is 14.6. The van der Waals surface area contributed by atoms with Gasteiger partial charge in [-0.15, -0.1) is 0 Å². The molecule has 23 heavy (non-hydrogen) atoms. The van der Waals surface area contributed by atoms with Crippen LogP contribution in [0.15, 0.2) is 56.5 Å². The minimum absolute atomic E-state index is 0.241. The molecule has 0 atom stereocenters. The Bertz CT molecular complexity index is 1000. The number of aryl methyl sites for hydroxylation is 1. The predicted octanol–water partition coefficient (Wildman–Crippen LogP) is 3.30. The monoisotopic (exact) mass is 372 g/mol. The van der Waals surface area contributed by atoms with Gasteiger partial charge in [0, 0.05) is 11.0 Å². The molecule has 3 rings (SSSR count). The Hall–Kier alpha value is -2.14. The molecule has 0 saturated carbocycles. The molecule has 0 aliphatic rings. The third-order valence-corrected chi connectivity index (χ3v) is 4.59. The topological polar surface area (TPSA) is 44.0 Å². The number of benzene rings is 2. The summed E-state index contributed by atoms with van der Waals surface area (Å²) in [4.78, 5) is 25.3. The van der Waals surface area contributed by atoms with E-state index in [1.165, 1.54) is 4.57 Å². The number of hydrogen-bond acceptors (Lipinski definition) is 2. The number of nitrogens with zero attached hydrogens (tertiary/aromatic N) is 2. The molecule has 3 aromatic rings. The Morgan fingerprint density at radius 1 is 1.04 bits per heavy atom. The van der Waals surface area contributed by atoms with Crippen molar-refractivity contribution in [2.45, 2.75) is 26.9 Å². The molecule has 0 spiro atoms. The van der Waals surface area contributed by atoms with Crippen molar-refractivity contribution in [2.24, 2.45) is 0 Å². The van der Waals surface area contributed by atoms with Crippen LogP contribution in [0.1, 0.15) is 18.1 Å². The van der Waals surface area contributed by atoms with Crippen LogP contribution in [0, 0.1) is 6.92 Å². The first-order valence-electron chi connectivity index (χ1n) is 7.50. The van der Waals surface area contributed by atoms with Gasteiger partial charge in [-0.2, -0.15) is 0 Å². The Labute approximate surface area is 142 Å². The lowest BCUT2D eigenvalue weighted by Crippen LogP contribution is -2.39. The van der Waals surface area contributed by atoms with Crippen LogP contribution in [0.2, 0.25) is 0 Å². The zero-order chi connectivity index (χ0) is 16.6. The lowest BCUT2D eigenvalue weighted by molar-refractivity contribution is 0.618. The van der Waals surface area contributed by atoms with E-state index in [1.54, 1.807) is 10.6 Å². The van der Waals surface area contributed by atoms with Crippen LogP contribution in [0.25, 0.3) is 10.9 Å². The van der Waals surface area contributed by atoms with Gasteiger partial charge in [-0.05, 0) is 43.2 Å². The molecule has 0 bridgehead atoms. The van der Waals surface area contributed by atoms with E-state index in [9.17, 15) is 9.59 Å². The molecule has 0 fully saturated rings. The number of halogens is 1. The predicted molar refractivity (Wildman–Crippen MR) is 96.1 cm³/mol. The van der Waals surface area contributed by atoms with Crippen molar-refractivity contribution < 1.29 is 0 Å². The fraction of sp³-hybridized carbons (Fsp3) is 0.222. The molecular formula is C18H17BrN2O2. The molecule has 0 aliphatic carbocycles. The highest BCUT2D eigenvalue weighted by molar-refractivity contribution is 9.10. The van der Waals surface area contributed by atoms with Crippen LogP contribution in [-0.4, -0.2) is 9.13 Å². The summed E-state index contributed by atoms with van der Waals surface area (Å²) in [5, 5.41) is 0.550. The second kappa shape index (κ2) is 6.16. The van der Waals surface area contributed by atoms with Crippen LogP contribution in [0.3, 0.4) is 0 Å². The Morgan fingerprint density at radius 2 is 1.78 bits per heavy atom. The fourth-order valence-electron chi connectivity index (χ4n) is 2.79. The molecule has 0 amide bonds. The summed E-state index contributed by atoms with van der Waals surface area (Å²) in [6.07, 6.45) is 0. The summed E-state index contributed by atoms with van der Waals surface area (Å²) < 4.78 is 3.79. The summed E-state index contributed by atoms with van der Waals surface area (Å²) >= 11 is 3.40. The molecule has 0 N–H and O–H groups in total. The van der Waals surface area contributed by atoms with Gasteiger partial charge in [0.15, 0.2) is 0 Å². The SMILES string of the molecule is CCn1c(=O)c2cc(Br)ccc2n(Cc2ccccc2C)c1=O. The first-order valence-corrected chi connectivity index (χ1v) is 8.29. The summed E-state index contributed by atoms with van der Waals surface area (Å²) in [5.74, 6) is 0. The van der Waals surface area contributed by atoms with Gasteiger partial charge in [0.1, 0.15) is 0 Å². The van der Waals surface area contributed by atoms with Crippen molar-refractivity contribution in [1.82, 2.24) is 9.13 Å². The minimum atomic E-state index is -0.268. The standard InChI is InChI=1S/C18H17BrN2O2/c1-3-20-17(22)15-10-14(19)8-9-16(15)21(18(20)23)11-13-7-5-4-6-12(13)2/h4-10H,3,11H2,1-2H3. The summed E-state index contributed by atoms with van der Waals surface area (Å²) in [7, 11) is 0. The zero-order valence-electron chi connectivity index (χ0n) is 13.0. The van der Waals surface area contributed by atoms with E-state index in [-0.39, 0.29) is 11.2 Å². The average Bonchev–Trinajstić information content (AvgIpc) is 2.54. The normalized spacial score (nSPS) is 11.1. The molecule has 0 unspecified atom stereocenters. The maximum Gasteiger partial charge on any atom is 0.331 e. The minimum Gasteiger partial charge on any atom is -0.289 e. The lowest BCUT2D eigenvalue weighted by atomic mass is 10.1. The van der Waals surface area contributed by atoms with Crippen molar-refractivity contribution >= 4 is 26.8 Å². The first kappa shape index (κ1) is 15.7. The van der Waals surface area contributed by atoms with Crippen LogP contribution >= 0.6 is 15.9 Å². The van der Waals surface area contributed by atoms with Crippen LogP contribution in [-0.2, 0) is 13.1 Å². The van der Waals surface area contributed by atoms with Gasteiger partial charge in [0.25, 0.3) is 5.56 Å². The highest BCUT2D eigenvalue weighted by Crippen LogP contribution is 2.17. The molecule has 0 saturated heterocycles. The van der Waals surface area contributed by atoms with Gasteiger partial charge in [-0.25, -0.2) is 4.79 Å². The van der Waals surface area contributed by atoms with Crippen molar-refractivity contribution in [3.8, 4) is 0 Å². The van der Waals surface area contributed by atoms with Gasteiger partial charge >= 0.3 is 5.69 Å². The maximum atomic E-state index is 12.7. The second-order valence-corrected chi connectivity index (χ2v) is 6.42. The van der Waals surface area contributed by atoms with Gasteiger partial charge in [0.2, 0.25) is 0 Å². The van der Waals surface area contributed by atoms with E-state index in [0.29, 0.717) is 24.0 Å². The van der Waals surface area contributed by atoms with E-state index in [4.69, 9.17) is 0 Å². The third-order valence-electron chi connectivity index (χ3n) is 4.09. The number of fused-ring (bicyclic) bond motifs is 1. The van der Waals surface area contributed by atoms with Gasteiger partial charge in [-0.1, -0.05) is 40.2 Å². The molecule has 0 radical (unpaired) electrons. The average molecular weight is 373 g/mol. The lowest BCUT2D eigenvalue weighted by Gasteiger charge is -2.14. The highest BCUT2D eigenvalue weighted by Gasteiger charge is 2.13. The number of aromatic nitrogens is 2. The summed E-state index contributed by atoms with van der Waals surface area (Å²) in [5.41, 5.74) is 2.35. The molecule has 2 aromatic carbocycles. The van der Waals surface area contributed by atoms with Gasteiger partial charge < -0.3 is 0 Å². The van der Waals surface area contributed by atoms with Crippen molar-refractivity contribution in [2.75, 3.05) is 0 Å². The Balaban J connectivity index is 2.34. The molecule has 0 aliphatic heterocycles. The Kier molecular flexibility index (Phi) is 4.22. The van der Waals surface area contributed by atoms with E-state index in [1.807, 2.05) is 50.2 Å². The highest BCUT2D eigenvalue weighted by atomic mass is 79.9. The Morgan fingerprint density at radius 3 is 2.48 bits per heavy atom. The smallest absolute Gasteiger partial charge is 0.289 e. The molecule has 118 valence electrons. The fourth-order valence-corrected chi connectivity index (χ4v) is 3.15.